The van der Waals surface area contributed by atoms with E-state index in [-0.39, 0.29) is 11.2 Å². The van der Waals surface area contributed by atoms with Crippen LogP contribution in [0.25, 0.3) is 0 Å². The van der Waals surface area contributed by atoms with Gasteiger partial charge in [0.1, 0.15) is 5.66 Å². The van der Waals surface area contributed by atoms with Crippen molar-refractivity contribution in [1.82, 2.24) is 0 Å². The fourth-order valence-electron chi connectivity index (χ4n) is 1.23. The molecule has 0 saturated carbocycles. The fraction of sp³-hybridized carbons (Fsp3) is 0.800. The largest absolute Gasteiger partial charge is 0.531 e. The van der Waals surface area contributed by atoms with Crippen LogP contribution < -0.4 is 0 Å². The molecule has 80 valence electrons. The second kappa shape index (κ2) is 3.59. The molecular weight excluding hydrogens is 179 g/mol. The molecule has 3 nitrogen and oxygen atoms in total. The highest BCUT2D eigenvalue weighted by Crippen LogP contribution is 2.38. The molecule has 0 unspecified atom stereocenters. The first kappa shape index (κ1) is 11.6. The van der Waals surface area contributed by atoms with Gasteiger partial charge in [0.15, 0.2) is 0 Å². The standard InChI is InChI=1S/C10H19BO3/c1-7-12-8(2)11-13-9(3,4)10(5,6)14-11/h2,7H2,1,3-6H3. The Hall–Kier alpha value is -0.475. The summed E-state index contributed by atoms with van der Waals surface area (Å²) in [5.74, 6) is 0. The highest BCUT2D eigenvalue weighted by Gasteiger charge is 2.52. The lowest BCUT2D eigenvalue weighted by Crippen LogP contribution is -2.41. The molecular formula is C10H19BO3. The van der Waals surface area contributed by atoms with Gasteiger partial charge < -0.3 is 14.0 Å². The summed E-state index contributed by atoms with van der Waals surface area (Å²) in [6, 6.07) is 0. The molecule has 4 heteroatoms. The number of hydrogen-bond donors (Lipinski definition) is 0. The summed E-state index contributed by atoms with van der Waals surface area (Å²) in [7, 11) is -0.444. The summed E-state index contributed by atoms with van der Waals surface area (Å²) in [6.07, 6.45) is 0. The van der Waals surface area contributed by atoms with Gasteiger partial charge in [-0.25, -0.2) is 0 Å². The van der Waals surface area contributed by atoms with Crippen molar-refractivity contribution >= 4 is 7.12 Å². The molecule has 0 aromatic heterocycles. The van der Waals surface area contributed by atoms with E-state index in [0.29, 0.717) is 12.3 Å². The highest BCUT2D eigenvalue weighted by atomic mass is 16.7. The van der Waals surface area contributed by atoms with Crippen LogP contribution in [-0.4, -0.2) is 24.9 Å². The monoisotopic (exact) mass is 198 g/mol. The van der Waals surface area contributed by atoms with Crippen molar-refractivity contribution in [3.63, 3.8) is 0 Å². The Labute approximate surface area is 86.6 Å². The smallest absolute Gasteiger partial charge is 0.502 e. The molecule has 0 amide bonds. The van der Waals surface area contributed by atoms with Crippen LogP contribution in [0.3, 0.4) is 0 Å². The SMILES string of the molecule is C=C(OCC)B1OC(C)(C)C(C)(C)O1. The molecule has 1 aliphatic rings. The Kier molecular flexibility index (Phi) is 2.97. The van der Waals surface area contributed by atoms with Crippen LogP contribution in [0.5, 0.6) is 0 Å². The molecule has 1 fully saturated rings. The molecule has 0 aromatic carbocycles. The van der Waals surface area contributed by atoms with Crippen LogP contribution in [-0.2, 0) is 14.0 Å². The van der Waals surface area contributed by atoms with Crippen molar-refractivity contribution in [3.8, 4) is 0 Å². The van der Waals surface area contributed by atoms with Crippen molar-refractivity contribution < 1.29 is 14.0 Å². The molecule has 0 bridgehead atoms. The zero-order chi connectivity index (χ0) is 11.0. The third-order valence-corrected chi connectivity index (χ3v) is 2.85. The van der Waals surface area contributed by atoms with E-state index in [9.17, 15) is 0 Å². The van der Waals surface area contributed by atoms with Crippen molar-refractivity contribution in [3.05, 3.63) is 12.2 Å². The van der Waals surface area contributed by atoms with E-state index >= 15 is 0 Å². The van der Waals surface area contributed by atoms with E-state index < -0.39 is 7.12 Å². The van der Waals surface area contributed by atoms with Crippen LogP contribution in [0, 0.1) is 0 Å². The van der Waals surface area contributed by atoms with Gasteiger partial charge in [-0.2, -0.15) is 0 Å². The normalized spacial score (nSPS) is 23.6. The lowest BCUT2D eigenvalue weighted by atomic mass is 9.88. The lowest BCUT2D eigenvalue weighted by Gasteiger charge is -2.32. The Morgan fingerprint density at radius 3 is 2.00 bits per heavy atom. The zero-order valence-electron chi connectivity index (χ0n) is 9.72. The molecule has 1 aliphatic heterocycles. The second-order valence-electron chi connectivity index (χ2n) is 4.49. The Morgan fingerprint density at radius 2 is 1.64 bits per heavy atom. The summed E-state index contributed by atoms with van der Waals surface area (Å²) < 4.78 is 16.7. The topological polar surface area (TPSA) is 27.7 Å². The molecule has 0 aromatic rings. The van der Waals surface area contributed by atoms with Crippen LogP contribution in [0.2, 0.25) is 0 Å². The van der Waals surface area contributed by atoms with Crippen molar-refractivity contribution in [2.24, 2.45) is 0 Å². The van der Waals surface area contributed by atoms with E-state index in [2.05, 4.69) is 6.58 Å². The molecule has 14 heavy (non-hydrogen) atoms. The number of hydrogen-bond acceptors (Lipinski definition) is 3. The lowest BCUT2D eigenvalue weighted by molar-refractivity contribution is 0.00578. The average molecular weight is 198 g/mol. The molecule has 0 N–H and O–H groups in total. The molecule has 0 radical (unpaired) electrons. The predicted octanol–water partition coefficient (Wildman–Crippen LogP) is 2.17. The third kappa shape index (κ3) is 1.96. The van der Waals surface area contributed by atoms with Gasteiger partial charge in [0.2, 0.25) is 0 Å². The van der Waals surface area contributed by atoms with Gasteiger partial charge >= 0.3 is 7.12 Å². The second-order valence-corrected chi connectivity index (χ2v) is 4.49. The molecule has 0 spiro atoms. The maximum Gasteiger partial charge on any atom is 0.531 e. The number of rotatable bonds is 3. The summed E-state index contributed by atoms with van der Waals surface area (Å²) in [4.78, 5) is 0. The highest BCUT2D eigenvalue weighted by molar-refractivity contribution is 6.53. The van der Waals surface area contributed by atoms with Gasteiger partial charge in [-0.1, -0.05) is 6.58 Å². The van der Waals surface area contributed by atoms with Crippen LogP contribution in [0.4, 0.5) is 0 Å². The maximum atomic E-state index is 5.73. The van der Waals surface area contributed by atoms with Gasteiger partial charge in [-0.05, 0) is 34.6 Å². The van der Waals surface area contributed by atoms with Crippen molar-refractivity contribution in [2.45, 2.75) is 45.8 Å². The summed E-state index contributed by atoms with van der Waals surface area (Å²) in [6.45, 7) is 14.3. The Balaban J connectivity index is 2.68. The molecule has 1 rings (SSSR count). The average Bonchev–Trinajstić information content (AvgIpc) is 2.22. The Bertz CT molecular complexity index is 220. The Morgan fingerprint density at radius 1 is 1.21 bits per heavy atom. The zero-order valence-corrected chi connectivity index (χ0v) is 9.72. The quantitative estimate of drug-likeness (QED) is 0.513. The minimum atomic E-state index is -0.444. The first-order valence-corrected chi connectivity index (χ1v) is 4.97. The van der Waals surface area contributed by atoms with E-state index in [0.717, 1.165) is 0 Å². The van der Waals surface area contributed by atoms with E-state index in [1.54, 1.807) is 0 Å². The molecule has 0 aliphatic carbocycles. The first-order valence-electron chi connectivity index (χ1n) is 4.97. The van der Waals surface area contributed by atoms with Crippen LogP contribution in [0.1, 0.15) is 34.6 Å². The van der Waals surface area contributed by atoms with Gasteiger partial charge in [-0.3, -0.25) is 0 Å². The first-order chi connectivity index (χ1) is 6.30. The van der Waals surface area contributed by atoms with Crippen LogP contribution >= 0.6 is 0 Å². The van der Waals surface area contributed by atoms with Gasteiger partial charge in [-0.15, -0.1) is 0 Å². The van der Waals surface area contributed by atoms with E-state index in [1.165, 1.54) is 0 Å². The summed E-state index contributed by atoms with van der Waals surface area (Å²) in [5, 5.41) is 0. The predicted molar refractivity (Wildman–Crippen MR) is 56.8 cm³/mol. The molecule has 1 saturated heterocycles. The van der Waals surface area contributed by atoms with Crippen LogP contribution in [0.15, 0.2) is 12.2 Å². The summed E-state index contributed by atoms with van der Waals surface area (Å²) in [5.41, 5.74) is -0.0961. The minimum absolute atomic E-state index is 0.322. The number of ether oxygens (including phenoxy) is 1. The minimum Gasteiger partial charge on any atom is -0.502 e. The van der Waals surface area contributed by atoms with Gasteiger partial charge in [0.05, 0.1) is 17.8 Å². The fourth-order valence-corrected chi connectivity index (χ4v) is 1.23. The van der Waals surface area contributed by atoms with E-state index in [1.807, 2.05) is 34.6 Å². The third-order valence-electron chi connectivity index (χ3n) is 2.85. The van der Waals surface area contributed by atoms with Crippen molar-refractivity contribution in [2.75, 3.05) is 6.61 Å². The van der Waals surface area contributed by atoms with Gasteiger partial charge in [0.25, 0.3) is 0 Å². The van der Waals surface area contributed by atoms with Gasteiger partial charge in [0, 0.05) is 0 Å². The molecule has 0 atom stereocenters. The van der Waals surface area contributed by atoms with E-state index in [4.69, 9.17) is 14.0 Å². The summed E-state index contributed by atoms with van der Waals surface area (Å²) >= 11 is 0. The van der Waals surface area contributed by atoms with Crippen molar-refractivity contribution in [1.29, 1.82) is 0 Å². The maximum absolute atomic E-state index is 5.73. The molecule has 1 heterocycles.